The van der Waals surface area contributed by atoms with Crippen LogP contribution in [0.15, 0.2) is 42.5 Å². The zero-order valence-electron chi connectivity index (χ0n) is 15.3. The Morgan fingerprint density at radius 3 is 2.63 bits per heavy atom. The summed E-state index contributed by atoms with van der Waals surface area (Å²) in [5.74, 6) is 0. The van der Waals surface area contributed by atoms with Crippen LogP contribution in [0, 0.1) is 0 Å². The average Bonchev–Trinajstić information content (AvgIpc) is 3.11. The summed E-state index contributed by atoms with van der Waals surface area (Å²) in [5.41, 5.74) is 3.02. The zero-order chi connectivity index (χ0) is 18.6. The van der Waals surface area contributed by atoms with E-state index in [0.717, 1.165) is 62.3 Å². The number of aryl methyl sites for hydroxylation is 1. The van der Waals surface area contributed by atoms with E-state index in [9.17, 15) is 5.11 Å². The number of hydrogen-bond acceptors (Lipinski definition) is 5. The molecule has 0 aliphatic carbocycles. The van der Waals surface area contributed by atoms with E-state index < -0.39 is 0 Å². The van der Waals surface area contributed by atoms with E-state index in [1.807, 2.05) is 29.5 Å². The first-order valence-electron chi connectivity index (χ1n) is 9.44. The molecule has 4 nitrogen and oxygen atoms in total. The van der Waals surface area contributed by atoms with Gasteiger partial charge in [0.1, 0.15) is 0 Å². The number of hydrogen-bond donors (Lipinski definition) is 1. The average molecular weight is 402 g/mol. The van der Waals surface area contributed by atoms with Gasteiger partial charge in [0.05, 0.1) is 21.8 Å². The lowest BCUT2D eigenvalue weighted by molar-refractivity contribution is 0.253. The Balaban J connectivity index is 1.28. The van der Waals surface area contributed by atoms with Crippen LogP contribution in [0.25, 0.3) is 10.2 Å². The van der Waals surface area contributed by atoms with E-state index in [0.29, 0.717) is 5.02 Å². The molecule has 0 atom stereocenters. The summed E-state index contributed by atoms with van der Waals surface area (Å²) in [4.78, 5) is 9.59. The van der Waals surface area contributed by atoms with Gasteiger partial charge in [0.15, 0.2) is 0 Å². The first-order chi connectivity index (χ1) is 13.2. The van der Waals surface area contributed by atoms with Crippen LogP contribution in [0.4, 0.5) is 5.69 Å². The number of halogens is 1. The first kappa shape index (κ1) is 18.7. The van der Waals surface area contributed by atoms with E-state index in [1.165, 1.54) is 9.71 Å². The fourth-order valence-electron chi connectivity index (χ4n) is 3.69. The predicted molar refractivity (Wildman–Crippen MR) is 114 cm³/mol. The van der Waals surface area contributed by atoms with Crippen molar-refractivity contribution in [3.05, 3.63) is 58.1 Å². The van der Waals surface area contributed by atoms with E-state index in [2.05, 4.69) is 34.1 Å². The van der Waals surface area contributed by atoms with Crippen LogP contribution in [-0.2, 0) is 13.0 Å². The normalized spacial score (nSPS) is 15.6. The van der Waals surface area contributed by atoms with Crippen molar-refractivity contribution in [2.24, 2.45) is 0 Å². The molecule has 1 N–H and O–H groups in total. The molecule has 2 aromatic carbocycles. The molecule has 0 spiro atoms. The minimum Gasteiger partial charge on any atom is -0.392 e. The highest BCUT2D eigenvalue weighted by atomic mass is 35.5. The number of aliphatic hydroxyl groups is 1. The maximum atomic E-state index is 9.63. The molecule has 1 fully saturated rings. The van der Waals surface area contributed by atoms with Gasteiger partial charge in [-0.3, -0.25) is 4.90 Å². The van der Waals surface area contributed by atoms with Gasteiger partial charge in [0, 0.05) is 48.9 Å². The number of aliphatic hydroxyl groups excluding tert-OH is 1. The van der Waals surface area contributed by atoms with E-state index >= 15 is 0 Å². The van der Waals surface area contributed by atoms with Gasteiger partial charge >= 0.3 is 0 Å². The van der Waals surface area contributed by atoms with Crippen LogP contribution in [0.3, 0.4) is 0 Å². The molecule has 1 saturated heterocycles. The third-order valence-electron chi connectivity index (χ3n) is 5.17. The zero-order valence-corrected chi connectivity index (χ0v) is 16.8. The number of para-hydroxylation sites is 1. The van der Waals surface area contributed by atoms with Crippen molar-refractivity contribution in [1.82, 2.24) is 9.88 Å². The van der Waals surface area contributed by atoms with Crippen molar-refractivity contribution in [1.29, 1.82) is 0 Å². The number of aromatic nitrogens is 1. The van der Waals surface area contributed by atoms with Crippen LogP contribution >= 0.6 is 22.9 Å². The predicted octanol–water partition coefficient (Wildman–Crippen LogP) is 4.20. The maximum Gasteiger partial charge on any atom is 0.0939 e. The molecule has 4 rings (SSSR count). The van der Waals surface area contributed by atoms with Crippen LogP contribution in [0.1, 0.15) is 17.0 Å². The van der Waals surface area contributed by atoms with Crippen molar-refractivity contribution in [2.75, 3.05) is 37.6 Å². The summed E-state index contributed by atoms with van der Waals surface area (Å²) in [7, 11) is 0. The van der Waals surface area contributed by atoms with E-state index in [1.54, 1.807) is 0 Å². The molecule has 0 amide bonds. The van der Waals surface area contributed by atoms with Gasteiger partial charge in [-0.2, -0.15) is 0 Å². The monoisotopic (exact) mass is 401 g/mol. The second-order valence-electron chi connectivity index (χ2n) is 6.90. The Morgan fingerprint density at radius 2 is 1.85 bits per heavy atom. The van der Waals surface area contributed by atoms with Crippen molar-refractivity contribution < 1.29 is 5.11 Å². The van der Waals surface area contributed by atoms with Crippen molar-refractivity contribution in [3.8, 4) is 0 Å². The standard InChI is InChI=1S/C21H24ClN3OS/c22-17-5-3-7-19(16(17)15-26)25-13-11-24(12-14-25)10-4-9-21-23-18-6-1-2-8-20(18)27-21/h1-3,5-8,26H,4,9-15H2. The Bertz CT molecular complexity index is 872. The van der Waals surface area contributed by atoms with Crippen LogP contribution < -0.4 is 4.90 Å². The molecule has 3 aromatic rings. The highest BCUT2D eigenvalue weighted by Gasteiger charge is 2.19. The molecular formula is C21H24ClN3OS. The minimum absolute atomic E-state index is 0.0165. The molecule has 0 bridgehead atoms. The number of nitrogens with zero attached hydrogens (tertiary/aromatic N) is 3. The number of fused-ring (bicyclic) bond motifs is 1. The fraction of sp³-hybridized carbons (Fsp3) is 0.381. The molecular weight excluding hydrogens is 378 g/mol. The molecule has 2 heterocycles. The molecule has 0 radical (unpaired) electrons. The molecule has 1 aliphatic rings. The Hall–Kier alpha value is -1.66. The molecule has 6 heteroatoms. The molecule has 27 heavy (non-hydrogen) atoms. The third-order valence-corrected chi connectivity index (χ3v) is 6.62. The number of thiazole rings is 1. The topological polar surface area (TPSA) is 39.6 Å². The van der Waals surface area contributed by atoms with Crippen molar-refractivity contribution in [2.45, 2.75) is 19.4 Å². The SMILES string of the molecule is OCc1c(Cl)cccc1N1CCN(CCCc2nc3ccccc3s2)CC1. The highest BCUT2D eigenvalue weighted by Crippen LogP contribution is 2.28. The summed E-state index contributed by atoms with van der Waals surface area (Å²) >= 11 is 8.04. The van der Waals surface area contributed by atoms with Gasteiger partial charge < -0.3 is 10.0 Å². The van der Waals surface area contributed by atoms with Gasteiger partial charge in [-0.05, 0) is 37.2 Å². The van der Waals surface area contributed by atoms with Crippen LogP contribution in [0.5, 0.6) is 0 Å². The molecule has 0 saturated carbocycles. The number of benzene rings is 2. The maximum absolute atomic E-state index is 9.63. The fourth-order valence-corrected chi connectivity index (χ4v) is 4.93. The summed E-state index contributed by atoms with van der Waals surface area (Å²) in [5, 5.41) is 11.5. The van der Waals surface area contributed by atoms with Crippen molar-refractivity contribution >= 4 is 38.8 Å². The summed E-state index contributed by atoms with van der Waals surface area (Å²) in [6, 6.07) is 14.2. The molecule has 1 aliphatic heterocycles. The Morgan fingerprint density at radius 1 is 1.04 bits per heavy atom. The molecule has 1 aromatic heterocycles. The Kier molecular flexibility index (Phi) is 5.93. The first-order valence-corrected chi connectivity index (χ1v) is 10.6. The van der Waals surface area contributed by atoms with E-state index in [-0.39, 0.29) is 6.61 Å². The number of rotatable bonds is 6. The number of anilines is 1. The summed E-state index contributed by atoms with van der Waals surface area (Å²) in [6.45, 7) is 5.10. The van der Waals surface area contributed by atoms with Gasteiger partial charge in [0.25, 0.3) is 0 Å². The smallest absolute Gasteiger partial charge is 0.0939 e. The van der Waals surface area contributed by atoms with Crippen molar-refractivity contribution in [3.63, 3.8) is 0 Å². The van der Waals surface area contributed by atoms with Gasteiger partial charge in [-0.15, -0.1) is 11.3 Å². The van der Waals surface area contributed by atoms with Gasteiger partial charge in [-0.25, -0.2) is 4.98 Å². The lowest BCUT2D eigenvalue weighted by Crippen LogP contribution is -2.47. The van der Waals surface area contributed by atoms with Crippen LogP contribution in [0.2, 0.25) is 5.02 Å². The summed E-state index contributed by atoms with van der Waals surface area (Å²) in [6.07, 6.45) is 2.18. The lowest BCUT2D eigenvalue weighted by Gasteiger charge is -2.37. The van der Waals surface area contributed by atoms with E-state index in [4.69, 9.17) is 16.6 Å². The molecule has 142 valence electrons. The van der Waals surface area contributed by atoms with Gasteiger partial charge in [0.2, 0.25) is 0 Å². The number of piperazine rings is 1. The summed E-state index contributed by atoms with van der Waals surface area (Å²) < 4.78 is 1.28. The second kappa shape index (κ2) is 8.57. The Labute approximate surface area is 169 Å². The van der Waals surface area contributed by atoms with Gasteiger partial charge in [-0.1, -0.05) is 29.8 Å². The quantitative estimate of drug-likeness (QED) is 0.672. The molecule has 0 unspecified atom stereocenters. The van der Waals surface area contributed by atoms with Crippen LogP contribution in [-0.4, -0.2) is 47.7 Å². The largest absolute Gasteiger partial charge is 0.392 e. The highest BCUT2D eigenvalue weighted by molar-refractivity contribution is 7.18. The second-order valence-corrected chi connectivity index (χ2v) is 8.43. The third kappa shape index (κ3) is 4.27. The minimum atomic E-state index is -0.0165. The lowest BCUT2D eigenvalue weighted by atomic mass is 10.1.